The van der Waals surface area contributed by atoms with Gasteiger partial charge in [0.05, 0.1) is 0 Å². The van der Waals surface area contributed by atoms with Gasteiger partial charge >= 0.3 is 0 Å². The van der Waals surface area contributed by atoms with E-state index in [-0.39, 0.29) is 5.41 Å². The fourth-order valence-corrected chi connectivity index (χ4v) is 2.67. The topological polar surface area (TPSA) is 20.7 Å². The maximum atomic E-state index is 5.35. The van der Waals surface area contributed by atoms with Crippen molar-refractivity contribution in [3.63, 3.8) is 0 Å². The SMILES string of the molecule is CSCCCCCn1c(C(C)(C)C)c[nH]c1=S. The molecule has 0 aromatic carbocycles. The first-order chi connectivity index (χ1) is 7.96. The van der Waals surface area contributed by atoms with E-state index in [4.69, 9.17) is 12.2 Å². The van der Waals surface area contributed by atoms with Crippen molar-refractivity contribution >= 4 is 24.0 Å². The molecule has 1 aromatic rings. The van der Waals surface area contributed by atoms with Gasteiger partial charge in [0.2, 0.25) is 0 Å². The molecule has 1 aromatic heterocycles. The number of unbranched alkanes of at least 4 members (excludes halogenated alkanes) is 2. The van der Waals surface area contributed by atoms with Gasteiger partial charge in [-0.25, -0.2) is 0 Å². The molecule has 0 amide bonds. The van der Waals surface area contributed by atoms with Gasteiger partial charge in [-0.2, -0.15) is 11.8 Å². The zero-order valence-electron chi connectivity index (χ0n) is 11.4. The highest BCUT2D eigenvalue weighted by Gasteiger charge is 2.18. The van der Waals surface area contributed by atoms with Crippen LogP contribution < -0.4 is 0 Å². The molecule has 1 rings (SSSR count). The van der Waals surface area contributed by atoms with Crippen LogP contribution >= 0.6 is 24.0 Å². The summed E-state index contributed by atoms with van der Waals surface area (Å²) < 4.78 is 3.12. The average molecular weight is 272 g/mol. The summed E-state index contributed by atoms with van der Waals surface area (Å²) in [7, 11) is 0. The van der Waals surface area contributed by atoms with Gasteiger partial charge in [-0.05, 0) is 37.1 Å². The van der Waals surface area contributed by atoms with Crippen LogP contribution in [-0.4, -0.2) is 21.6 Å². The zero-order valence-corrected chi connectivity index (χ0v) is 13.0. The molecule has 0 unspecified atom stereocenters. The molecule has 98 valence electrons. The predicted molar refractivity (Wildman–Crippen MR) is 80.5 cm³/mol. The lowest BCUT2D eigenvalue weighted by molar-refractivity contribution is 0.497. The molecule has 0 fully saturated rings. The first kappa shape index (κ1) is 14.8. The van der Waals surface area contributed by atoms with Crippen molar-refractivity contribution in [1.82, 2.24) is 9.55 Å². The fourth-order valence-electron chi connectivity index (χ4n) is 1.93. The molecule has 0 aliphatic heterocycles. The normalized spacial score (nSPS) is 12.0. The third kappa shape index (κ3) is 4.51. The van der Waals surface area contributed by atoms with Crippen LogP contribution in [0.15, 0.2) is 6.20 Å². The average Bonchev–Trinajstić information content (AvgIpc) is 2.59. The molecule has 0 saturated carbocycles. The van der Waals surface area contributed by atoms with Crippen molar-refractivity contribution in [3.05, 3.63) is 16.7 Å². The summed E-state index contributed by atoms with van der Waals surface area (Å²) in [5, 5.41) is 0. The lowest BCUT2D eigenvalue weighted by Crippen LogP contribution is -2.17. The smallest absolute Gasteiger partial charge is 0.177 e. The summed E-state index contributed by atoms with van der Waals surface area (Å²) in [6.07, 6.45) is 8.04. The molecule has 0 spiro atoms. The van der Waals surface area contributed by atoms with Crippen molar-refractivity contribution in [2.75, 3.05) is 12.0 Å². The second kappa shape index (κ2) is 6.64. The Morgan fingerprint density at radius 2 is 2.00 bits per heavy atom. The molecule has 17 heavy (non-hydrogen) atoms. The summed E-state index contributed by atoms with van der Waals surface area (Å²) in [5.41, 5.74) is 1.47. The predicted octanol–water partition coefficient (Wildman–Crippen LogP) is 4.38. The van der Waals surface area contributed by atoms with Gasteiger partial charge < -0.3 is 9.55 Å². The number of hydrogen-bond donors (Lipinski definition) is 1. The Hall–Kier alpha value is -0.220. The Morgan fingerprint density at radius 1 is 1.29 bits per heavy atom. The maximum absolute atomic E-state index is 5.35. The zero-order chi connectivity index (χ0) is 12.9. The second-order valence-corrected chi connectivity index (χ2v) is 6.81. The Bertz CT molecular complexity index is 385. The van der Waals surface area contributed by atoms with Crippen LogP contribution in [-0.2, 0) is 12.0 Å². The minimum atomic E-state index is 0.160. The maximum Gasteiger partial charge on any atom is 0.177 e. The van der Waals surface area contributed by atoms with Gasteiger partial charge in [0.1, 0.15) is 0 Å². The molecule has 0 aliphatic rings. The van der Waals surface area contributed by atoms with Crippen LogP contribution in [0.3, 0.4) is 0 Å². The van der Waals surface area contributed by atoms with Crippen LogP contribution in [0.2, 0.25) is 0 Å². The summed E-state index contributed by atoms with van der Waals surface area (Å²) in [6, 6.07) is 0. The van der Waals surface area contributed by atoms with Gasteiger partial charge in [-0.3, -0.25) is 0 Å². The molecule has 0 saturated heterocycles. The standard InChI is InChI=1S/C13H24N2S2/c1-13(2,3)11-10-14-12(16)15(11)8-6-5-7-9-17-4/h10H,5-9H2,1-4H3,(H,14,16). The molecule has 0 aliphatic carbocycles. The van der Waals surface area contributed by atoms with Crippen molar-refractivity contribution in [1.29, 1.82) is 0 Å². The van der Waals surface area contributed by atoms with Crippen LogP contribution in [0.1, 0.15) is 45.7 Å². The lowest BCUT2D eigenvalue weighted by Gasteiger charge is -2.20. The van der Waals surface area contributed by atoms with E-state index in [1.807, 2.05) is 11.8 Å². The number of nitrogens with one attached hydrogen (secondary N) is 1. The van der Waals surface area contributed by atoms with E-state index in [1.165, 1.54) is 30.7 Å². The molecular weight excluding hydrogens is 248 g/mol. The van der Waals surface area contributed by atoms with Crippen LogP contribution in [0.25, 0.3) is 0 Å². The Labute approximate surface area is 114 Å². The highest BCUT2D eigenvalue weighted by molar-refractivity contribution is 7.98. The monoisotopic (exact) mass is 272 g/mol. The van der Waals surface area contributed by atoms with Crippen LogP contribution in [0.4, 0.5) is 0 Å². The molecule has 1 heterocycles. The third-order valence-electron chi connectivity index (χ3n) is 2.87. The first-order valence-corrected chi connectivity index (χ1v) is 8.04. The van der Waals surface area contributed by atoms with E-state index >= 15 is 0 Å². The number of nitrogens with zero attached hydrogens (tertiary/aromatic N) is 1. The van der Waals surface area contributed by atoms with Crippen molar-refractivity contribution in [2.24, 2.45) is 0 Å². The van der Waals surface area contributed by atoms with Crippen molar-refractivity contribution < 1.29 is 0 Å². The molecule has 2 nitrogen and oxygen atoms in total. The quantitative estimate of drug-likeness (QED) is 0.613. The molecule has 0 radical (unpaired) electrons. The first-order valence-electron chi connectivity index (χ1n) is 6.24. The summed E-state index contributed by atoms with van der Waals surface area (Å²) >= 11 is 7.27. The Kier molecular flexibility index (Phi) is 5.80. The van der Waals surface area contributed by atoms with Gasteiger partial charge in [0, 0.05) is 23.9 Å². The molecule has 1 N–H and O–H groups in total. The van der Waals surface area contributed by atoms with Crippen LogP contribution in [0.5, 0.6) is 0 Å². The summed E-state index contributed by atoms with van der Waals surface area (Å²) in [4.78, 5) is 3.17. The van der Waals surface area contributed by atoms with E-state index in [0.717, 1.165) is 11.3 Å². The van der Waals surface area contributed by atoms with E-state index in [1.54, 1.807) is 0 Å². The molecule has 0 atom stereocenters. The fraction of sp³-hybridized carbons (Fsp3) is 0.769. The number of H-pyrrole nitrogens is 1. The largest absolute Gasteiger partial charge is 0.337 e. The number of aromatic amines is 1. The number of thioether (sulfide) groups is 1. The van der Waals surface area contributed by atoms with E-state index < -0.39 is 0 Å². The van der Waals surface area contributed by atoms with Gasteiger partial charge in [-0.15, -0.1) is 0 Å². The molecule has 4 heteroatoms. The van der Waals surface area contributed by atoms with Crippen molar-refractivity contribution in [3.8, 4) is 0 Å². The van der Waals surface area contributed by atoms with Crippen LogP contribution in [0, 0.1) is 4.77 Å². The minimum absolute atomic E-state index is 0.160. The van der Waals surface area contributed by atoms with E-state index in [0.29, 0.717) is 0 Å². The number of aromatic nitrogens is 2. The lowest BCUT2D eigenvalue weighted by atomic mass is 9.92. The Morgan fingerprint density at radius 3 is 2.59 bits per heavy atom. The van der Waals surface area contributed by atoms with Gasteiger partial charge in [0.15, 0.2) is 4.77 Å². The number of hydrogen-bond acceptors (Lipinski definition) is 2. The van der Waals surface area contributed by atoms with Crippen molar-refractivity contribution in [2.45, 2.75) is 52.0 Å². The van der Waals surface area contributed by atoms with Gasteiger partial charge in [0.25, 0.3) is 0 Å². The second-order valence-electron chi connectivity index (χ2n) is 5.43. The minimum Gasteiger partial charge on any atom is -0.337 e. The number of rotatable bonds is 6. The van der Waals surface area contributed by atoms with E-state index in [2.05, 4.69) is 42.8 Å². The third-order valence-corrected chi connectivity index (χ3v) is 3.90. The number of imidazole rings is 1. The van der Waals surface area contributed by atoms with E-state index in [9.17, 15) is 0 Å². The Balaban J connectivity index is 2.58. The summed E-state index contributed by atoms with van der Waals surface area (Å²) in [5.74, 6) is 1.27. The van der Waals surface area contributed by atoms with Gasteiger partial charge in [-0.1, -0.05) is 27.2 Å². The highest BCUT2D eigenvalue weighted by Crippen LogP contribution is 2.22. The summed E-state index contributed by atoms with van der Waals surface area (Å²) in [6.45, 7) is 7.74. The molecule has 0 bridgehead atoms. The highest BCUT2D eigenvalue weighted by atomic mass is 32.2. The molecular formula is C13H24N2S2.